The van der Waals surface area contributed by atoms with Gasteiger partial charge in [0.05, 0.1) is 0 Å². The van der Waals surface area contributed by atoms with Crippen molar-refractivity contribution in [2.24, 2.45) is 35.5 Å². The summed E-state index contributed by atoms with van der Waals surface area (Å²) in [5, 5.41) is 0. The van der Waals surface area contributed by atoms with Gasteiger partial charge in [0.25, 0.3) is 0 Å². The van der Waals surface area contributed by atoms with Crippen molar-refractivity contribution in [2.75, 3.05) is 0 Å². The predicted molar refractivity (Wildman–Crippen MR) is 52.9 cm³/mol. The third-order valence-corrected chi connectivity index (χ3v) is 4.87. The molecule has 0 bridgehead atoms. The van der Waals surface area contributed by atoms with E-state index in [1.807, 2.05) is 0 Å². The number of hydrogen-bond acceptors (Lipinski definition) is 0. The first-order valence-electron chi connectivity index (χ1n) is 5.63. The Morgan fingerprint density at radius 2 is 1.58 bits per heavy atom. The van der Waals surface area contributed by atoms with Crippen LogP contribution in [0.15, 0.2) is 0 Å². The van der Waals surface area contributed by atoms with Crippen LogP contribution < -0.4 is 0 Å². The van der Waals surface area contributed by atoms with Crippen molar-refractivity contribution in [3.63, 3.8) is 0 Å². The van der Waals surface area contributed by atoms with Crippen LogP contribution in [0.1, 0.15) is 40.5 Å². The van der Waals surface area contributed by atoms with Gasteiger partial charge in [-0.25, -0.2) is 0 Å². The fourth-order valence-electron chi connectivity index (χ4n) is 3.42. The zero-order chi connectivity index (χ0) is 8.88. The predicted octanol–water partition coefficient (Wildman–Crippen LogP) is 3.57. The van der Waals surface area contributed by atoms with Gasteiger partial charge in [0.15, 0.2) is 0 Å². The minimum absolute atomic E-state index is 1.01. The molecule has 0 aromatic carbocycles. The van der Waals surface area contributed by atoms with Crippen LogP contribution in [0.4, 0.5) is 0 Å². The van der Waals surface area contributed by atoms with Gasteiger partial charge in [0, 0.05) is 0 Å². The first-order chi connectivity index (χ1) is 5.63. The average Bonchev–Trinajstić information content (AvgIpc) is 2.57. The van der Waals surface area contributed by atoms with Gasteiger partial charge < -0.3 is 0 Å². The molecule has 5 unspecified atom stereocenters. The van der Waals surface area contributed by atoms with Crippen molar-refractivity contribution in [3.8, 4) is 0 Å². The van der Waals surface area contributed by atoms with E-state index in [1.54, 1.807) is 0 Å². The molecule has 0 heteroatoms. The normalized spacial score (nSPS) is 54.5. The Balaban J connectivity index is 1.89. The Morgan fingerprint density at radius 1 is 1.00 bits per heavy atom. The van der Waals surface area contributed by atoms with Crippen LogP contribution >= 0.6 is 0 Å². The fraction of sp³-hybridized carbons (Fsp3) is 1.00. The monoisotopic (exact) mass is 166 g/mol. The summed E-state index contributed by atoms with van der Waals surface area (Å²) in [7, 11) is 0. The Hall–Kier alpha value is 0. The lowest BCUT2D eigenvalue weighted by Gasteiger charge is -2.39. The van der Waals surface area contributed by atoms with E-state index in [4.69, 9.17) is 0 Å². The van der Waals surface area contributed by atoms with Crippen molar-refractivity contribution >= 4 is 0 Å². The quantitative estimate of drug-likeness (QED) is 0.588. The second kappa shape index (κ2) is 2.75. The second-order valence-corrected chi connectivity index (χ2v) is 5.37. The molecule has 0 N–H and O–H groups in total. The highest BCUT2D eigenvalue weighted by Gasteiger charge is 2.50. The summed E-state index contributed by atoms with van der Waals surface area (Å²) in [6.45, 7) is 9.78. The number of hydrogen-bond donors (Lipinski definition) is 0. The minimum Gasteiger partial charge on any atom is -0.0622 e. The molecule has 0 radical (unpaired) electrons. The molecule has 2 aliphatic rings. The molecular weight excluding hydrogens is 144 g/mol. The van der Waals surface area contributed by atoms with Crippen LogP contribution in [0.3, 0.4) is 0 Å². The molecule has 5 atom stereocenters. The smallest absolute Gasteiger partial charge is 0.0329 e. The molecule has 2 rings (SSSR count). The maximum Gasteiger partial charge on any atom is -0.0329 e. The summed E-state index contributed by atoms with van der Waals surface area (Å²) in [5.74, 6) is 6.22. The van der Waals surface area contributed by atoms with E-state index in [2.05, 4.69) is 27.7 Å². The molecule has 0 aromatic heterocycles. The van der Waals surface area contributed by atoms with Gasteiger partial charge in [-0.05, 0) is 41.9 Å². The first kappa shape index (κ1) is 8.59. The maximum absolute atomic E-state index is 2.49. The molecule has 0 aliphatic heterocycles. The minimum atomic E-state index is 1.01. The van der Waals surface area contributed by atoms with Crippen LogP contribution in [0.5, 0.6) is 0 Å². The van der Waals surface area contributed by atoms with Crippen LogP contribution in [-0.4, -0.2) is 0 Å². The highest BCUT2D eigenvalue weighted by atomic mass is 14.5. The average molecular weight is 166 g/mol. The lowest BCUT2D eigenvalue weighted by molar-refractivity contribution is 0.110. The molecule has 0 heterocycles. The zero-order valence-corrected chi connectivity index (χ0v) is 8.88. The van der Waals surface area contributed by atoms with Crippen LogP contribution in [0.25, 0.3) is 0 Å². The molecule has 70 valence electrons. The van der Waals surface area contributed by atoms with Gasteiger partial charge >= 0.3 is 0 Å². The van der Waals surface area contributed by atoms with Gasteiger partial charge in [0.2, 0.25) is 0 Å². The highest BCUT2D eigenvalue weighted by molar-refractivity contribution is 4.98. The third kappa shape index (κ3) is 1.11. The lowest BCUT2D eigenvalue weighted by Crippen LogP contribution is -2.30. The Labute approximate surface area is 76.7 Å². The van der Waals surface area contributed by atoms with Crippen molar-refractivity contribution in [1.29, 1.82) is 0 Å². The van der Waals surface area contributed by atoms with Gasteiger partial charge in [-0.2, -0.15) is 0 Å². The van der Waals surface area contributed by atoms with E-state index < -0.39 is 0 Å². The standard InChI is InChI=1S/C12H22/c1-7-5-6-11(7)10(4)12-8(2)9(12)3/h7-12H,5-6H2,1-4H3. The number of rotatable bonds is 2. The molecule has 0 spiro atoms. The van der Waals surface area contributed by atoms with Crippen molar-refractivity contribution in [2.45, 2.75) is 40.5 Å². The summed E-state index contributed by atoms with van der Waals surface area (Å²) in [4.78, 5) is 0. The molecule has 2 fully saturated rings. The van der Waals surface area contributed by atoms with Crippen LogP contribution in [0.2, 0.25) is 0 Å². The molecule has 0 saturated heterocycles. The molecule has 0 amide bonds. The zero-order valence-electron chi connectivity index (χ0n) is 8.88. The van der Waals surface area contributed by atoms with Gasteiger partial charge in [-0.1, -0.05) is 34.1 Å². The topological polar surface area (TPSA) is 0 Å². The summed E-state index contributed by atoms with van der Waals surface area (Å²) in [6, 6.07) is 0. The summed E-state index contributed by atoms with van der Waals surface area (Å²) in [6.07, 6.45) is 3.00. The lowest BCUT2D eigenvalue weighted by atomic mass is 9.67. The largest absolute Gasteiger partial charge is 0.0622 e. The first-order valence-corrected chi connectivity index (χ1v) is 5.63. The molecule has 2 saturated carbocycles. The molecule has 2 aliphatic carbocycles. The van der Waals surface area contributed by atoms with Crippen molar-refractivity contribution < 1.29 is 0 Å². The summed E-state index contributed by atoms with van der Waals surface area (Å²) in [5.41, 5.74) is 0. The maximum atomic E-state index is 2.49. The van der Waals surface area contributed by atoms with E-state index in [0.717, 1.165) is 35.5 Å². The van der Waals surface area contributed by atoms with E-state index in [1.165, 1.54) is 12.8 Å². The SMILES string of the molecule is CC1CCC1C(C)C1C(C)C1C. The van der Waals surface area contributed by atoms with Crippen molar-refractivity contribution in [1.82, 2.24) is 0 Å². The summed E-state index contributed by atoms with van der Waals surface area (Å²) >= 11 is 0. The Bertz CT molecular complexity index is 157. The van der Waals surface area contributed by atoms with Crippen LogP contribution in [-0.2, 0) is 0 Å². The molecule has 0 aromatic rings. The molecule has 12 heavy (non-hydrogen) atoms. The van der Waals surface area contributed by atoms with Gasteiger partial charge in [0.1, 0.15) is 0 Å². The second-order valence-electron chi connectivity index (χ2n) is 5.37. The van der Waals surface area contributed by atoms with Gasteiger partial charge in [-0.15, -0.1) is 0 Å². The van der Waals surface area contributed by atoms with E-state index in [0.29, 0.717) is 0 Å². The van der Waals surface area contributed by atoms with E-state index in [-0.39, 0.29) is 0 Å². The molecular formula is C12H22. The fourth-order valence-corrected chi connectivity index (χ4v) is 3.42. The van der Waals surface area contributed by atoms with Crippen molar-refractivity contribution in [3.05, 3.63) is 0 Å². The summed E-state index contributed by atoms with van der Waals surface area (Å²) < 4.78 is 0. The van der Waals surface area contributed by atoms with E-state index >= 15 is 0 Å². The van der Waals surface area contributed by atoms with E-state index in [9.17, 15) is 0 Å². The highest BCUT2D eigenvalue weighted by Crippen LogP contribution is 2.56. The van der Waals surface area contributed by atoms with Gasteiger partial charge in [-0.3, -0.25) is 0 Å². The molecule has 0 nitrogen and oxygen atoms in total. The Kier molecular flexibility index (Phi) is 1.97. The van der Waals surface area contributed by atoms with Crippen LogP contribution in [0, 0.1) is 35.5 Å². The third-order valence-electron chi connectivity index (χ3n) is 4.87. The Morgan fingerprint density at radius 3 is 1.83 bits per heavy atom.